The smallest absolute Gasteiger partial charge is 0.303 e. The van der Waals surface area contributed by atoms with E-state index in [0.717, 1.165) is 57.1 Å². The maximum absolute atomic E-state index is 11.9. The summed E-state index contributed by atoms with van der Waals surface area (Å²) in [5.41, 5.74) is 1.35. The number of aliphatic hydroxyl groups is 1. The molecule has 0 aromatic heterocycles. The molecule has 0 spiro atoms. The lowest BCUT2D eigenvalue weighted by Gasteiger charge is -2.58. The molecule has 4 aliphatic carbocycles. The van der Waals surface area contributed by atoms with Crippen molar-refractivity contribution in [1.29, 1.82) is 0 Å². The van der Waals surface area contributed by atoms with E-state index in [1.165, 1.54) is 5.57 Å². The van der Waals surface area contributed by atoms with Gasteiger partial charge in [-0.1, -0.05) is 30.5 Å². The van der Waals surface area contributed by atoms with Crippen molar-refractivity contribution in [3.8, 4) is 12.3 Å². The molecule has 0 saturated heterocycles. The molecule has 0 radical (unpaired) electrons. The number of carboxylic acid groups (broad SMARTS) is 1. The van der Waals surface area contributed by atoms with Crippen LogP contribution < -0.4 is 5.32 Å². The van der Waals surface area contributed by atoms with Gasteiger partial charge in [0, 0.05) is 18.4 Å². The lowest BCUT2D eigenvalue weighted by Crippen LogP contribution is -2.54. The number of carboxylic acids is 1. The van der Waals surface area contributed by atoms with E-state index >= 15 is 0 Å². The van der Waals surface area contributed by atoms with Gasteiger partial charge in [0.25, 0.3) is 5.91 Å². The van der Waals surface area contributed by atoms with Crippen molar-refractivity contribution in [2.75, 3.05) is 13.2 Å². The topological polar surface area (TPSA) is 108 Å². The van der Waals surface area contributed by atoms with Gasteiger partial charge in [-0.05, 0) is 93.5 Å². The van der Waals surface area contributed by atoms with Crippen LogP contribution in [0.4, 0.5) is 0 Å². The predicted molar refractivity (Wildman–Crippen MR) is 133 cm³/mol. The molecule has 4 rings (SSSR count). The summed E-state index contributed by atoms with van der Waals surface area (Å²) < 4.78 is 0. The van der Waals surface area contributed by atoms with Crippen molar-refractivity contribution < 1.29 is 24.6 Å². The van der Waals surface area contributed by atoms with Crippen LogP contribution in [0.25, 0.3) is 0 Å². The van der Waals surface area contributed by atoms with Crippen molar-refractivity contribution >= 4 is 17.6 Å². The second-order valence-electron chi connectivity index (χ2n) is 11.6. The number of fused-ring (bicyclic) bond motifs is 5. The van der Waals surface area contributed by atoms with E-state index in [9.17, 15) is 14.7 Å². The Balaban J connectivity index is 1.33. The van der Waals surface area contributed by atoms with Crippen LogP contribution in [-0.2, 0) is 14.4 Å². The van der Waals surface area contributed by atoms with Crippen molar-refractivity contribution in [2.24, 2.45) is 33.7 Å². The van der Waals surface area contributed by atoms with Crippen LogP contribution in [0.2, 0.25) is 0 Å². The van der Waals surface area contributed by atoms with Crippen LogP contribution in [0.15, 0.2) is 16.8 Å². The summed E-state index contributed by atoms with van der Waals surface area (Å²) >= 11 is 0. The molecule has 7 nitrogen and oxygen atoms in total. The van der Waals surface area contributed by atoms with Crippen molar-refractivity contribution in [3.63, 3.8) is 0 Å². The molecule has 0 heterocycles. The summed E-state index contributed by atoms with van der Waals surface area (Å²) in [5.74, 6) is 3.39. The number of carbonyl (C=O) groups excluding carboxylic acids is 1. The summed E-state index contributed by atoms with van der Waals surface area (Å²) in [5, 5.41) is 26.8. The zero-order valence-electron chi connectivity index (χ0n) is 21.1. The molecule has 3 N–H and O–H groups in total. The Labute approximate surface area is 208 Å². The lowest BCUT2D eigenvalue weighted by atomic mass is 9.46. The molecule has 1 amide bonds. The standard InChI is InChI=1S/C28H40N2O5/c1-4-28(34)15-12-23-21-9-8-19-17-20(10-13-26(19,2)22(21)11-14-27(23,28)3)30-35-18-24(31)29-16-6-5-7-25(32)33/h1,17,21-23,34H,5-16,18H2,2-3H3,(H,29,31)(H,32,33)/t21?,22?,23?,26-,27-,28-/m0/s1. The van der Waals surface area contributed by atoms with Gasteiger partial charge in [-0.15, -0.1) is 6.42 Å². The number of hydrogen-bond acceptors (Lipinski definition) is 5. The summed E-state index contributed by atoms with van der Waals surface area (Å²) in [6.07, 6.45) is 17.1. The van der Waals surface area contributed by atoms with Crippen LogP contribution in [0.1, 0.15) is 84.5 Å². The van der Waals surface area contributed by atoms with Gasteiger partial charge in [0.2, 0.25) is 0 Å². The van der Waals surface area contributed by atoms with Gasteiger partial charge >= 0.3 is 5.97 Å². The maximum Gasteiger partial charge on any atom is 0.303 e. The van der Waals surface area contributed by atoms with Crippen molar-refractivity contribution in [2.45, 2.75) is 90.1 Å². The number of carbonyl (C=O) groups is 2. The molecule has 6 atom stereocenters. The third-order valence-corrected chi connectivity index (χ3v) is 9.88. The lowest BCUT2D eigenvalue weighted by molar-refractivity contribution is -0.137. The van der Waals surface area contributed by atoms with E-state index in [0.29, 0.717) is 37.1 Å². The number of hydrogen-bond donors (Lipinski definition) is 3. The summed E-state index contributed by atoms with van der Waals surface area (Å²) in [7, 11) is 0. The fraction of sp³-hybridized carbons (Fsp3) is 0.750. The fourth-order valence-electron chi connectivity index (χ4n) is 7.75. The molecular formula is C28H40N2O5. The first-order chi connectivity index (χ1) is 16.6. The SMILES string of the molecule is C#C[C@]1(O)CCC2C3CCC4=CC(=NOCC(=O)NCCCCC(=O)O)CC[C@]4(C)C3CC[C@@]21C. The van der Waals surface area contributed by atoms with Crippen LogP contribution in [0.5, 0.6) is 0 Å². The van der Waals surface area contributed by atoms with Gasteiger partial charge in [0.05, 0.1) is 5.71 Å². The first kappa shape index (κ1) is 25.8. The van der Waals surface area contributed by atoms with Gasteiger partial charge < -0.3 is 20.4 Å². The number of allylic oxidation sites excluding steroid dienone is 2. The minimum absolute atomic E-state index is 0.113. The highest BCUT2D eigenvalue weighted by Crippen LogP contribution is 2.67. The summed E-state index contributed by atoms with van der Waals surface area (Å²) in [6, 6.07) is 0. The molecule has 3 saturated carbocycles. The third-order valence-electron chi connectivity index (χ3n) is 9.88. The Morgan fingerprint density at radius 1 is 1.17 bits per heavy atom. The number of rotatable bonds is 8. The zero-order valence-corrected chi connectivity index (χ0v) is 21.1. The highest BCUT2D eigenvalue weighted by molar-refractivity contribution is 5.96. The first-order valence-electron chi connectivity index (χ1n) is 13.2. The number of amides is 1. The van der Waals surface area contributed by atoms with Crippen LogP contribution in [0.3, 0.4) is 0 Å². The van der Waals surface area contributed by atoms with Crippen molar-refractivity contribution in [1.82, 2.24) is 5.32 Å². The van der Waals surface area contributed by atoms with Gasteiger partial charge in [-0.3, -0.25) is 9.59 Å². The number of aliphatic carboxylic acids is 1. The number of nitrogens with zero attached hydrogens (tertiary/aromatic N) is 1. The van der Waals surface area contributed by atoms with Crippen LogP contribution in [-0.4, -0.2) is 46.6 Å². The highest BCUT2D eigenvalue weighted by atomic mass is 16.6. The van der Waals surface area contributed by atoms with Gasteiger partial charge in [0.15, 0.2) is 6.61 Å². The molecule has 3 fully saturated rings. The molecule has 0 aromatic carbocycles. The first-order valence-corrected chi connectivity index (χ1v) is 13.2. The van der Waals surface area contributed by atoms with Gasteiger partial charge in [0.1, 0.15) is 5.60 Å². The van der Waals surface area contributed by atoms with E-state index in [1.54, 1.807) is 0 Å². The van der Waals surface area contributed by atoms with Crippen molar-refractivity contribution in [3.05, 3.63) is 11.6 Å². The Morgan fingerprint density at radius 3 is 2.69 bits per heavy atom. The van der Waals surface area contributed by atoms with E-state index in [4.69, 9.17) is 16.4 Å². The zero-order chi connectivity index (χ0) is 25.3. The monoisotopic (exact) mass is 484 g/mol. The molecular weight excluding hydrogens is 444 g/mol. The molecule has 7 heteroatoms. The quantitative estimate of drug-likeness (QED) is 0.274. The normalized spacial score (nSPS) is 39.0. The average molecular weight is 485 g/mol. The van der Waals surface area contributed by atoms with E-state index in [1.807, 2.05) is 0 Å². The second kappa shape index (κ2) is 9.97. The summed E-state index contributed by atoms with van der Waals surface area (Å²) in [4.78, 5) is 27.8. The molecule has 3 unspecified atom stereocenters. The van der Waals surface area contributed by atoms with E-state index in [-0.39, 0.29) is 29.8 Å². The highest BCUT2D eigenvalue weighted by Gasteiger charge is 2.63. The molecule has 0 aromatic rings. The second-order valence-corrected chi connectivity index (χ2v) is 11.6. The molecule has 4 aliphatic rings. The minimum atomic E-state index is -0.964. The number of unbranched alkanes of at least 4 members (excludes halogenated alkanes) is 1. The number of oxime groups is 1. The molecule has 35 heavy (non-hydrogen) atoms. The Hall–Kier alpha value is -2.33. The molecule has 0 bridgehead atoms. The summed E-state index contributed by atoms with van der Waals surface area (Å²) in [6.45, 7) is 4.95. The van der Waals surface area contributed by atoms with E-state index < -0.39 is 11.6 Å². The number of nitrogens with one attached hydrogen (secondary N) is 1. The molecule has 192 valence electrons. The maximum atomic E-state index is 11.9. The minimum Gasteiger partial charge on any atom is -0.481 e. The van der Waals surface area contributed by atoms with E-state index in [2.05, 4.69) is 36.3 Å². The van der Waals surface area contributed by atoms with Gasteiger partial charge in [-0.2, -0.15) is 0 Å². The third kappa shape index (κ3) is 4.74. The number of terminal acetylenes is 1. The van der Waals surface area contributed by atoms with Gasteiger partial charge in [-0.25, -0.2) is 0 Å². The fourth-order valence-corrected chi connectivity index (χ4v) is 7.75. The predicted octanol–water partition coefficient (Wildman–Crippen LogP) is 4.06. The van der Waals surface area contributed by atoms with Crippen LogP contribution in [0, 0.1) is 40.9 Å². The van der Waals surface area contributed by atoms with Crippen LogP contribution >= 0.6 is 0 Å². The average Bonchev–Trinajstić information content (AvgIpc) is 3.10. The Bertz CT molecular complexity index is 951. The Kier molecular flexibility index (Phi) is 7.33. The Morgan fingerprint density at radius 2 is 1.94 bits per heavy atom. The largest absolute Gasteiger partial charge is 0.481 e. The molecule has 0 aliphatic heterocycles.